The first-order valence-electron chi connectivity index (χ1n) is 13.0. The van der Waals surface area contributed by atoms with Crippen LogP contribution in [0.15, 0.2) is 24.3 Å². The van der Waals surface area contributed by atoms with Gasteiger partial charge in [-0.15, -0.1) is 0 Å². The van der Waals surface area contributed by atoms with E-state index in [9.17, 15) is 19.2 Å². The maximum atomic E-state index is 12.6. The molecule has 1 aromatic carbocycles. The second-order valence-electron chi connectivity index (χ2n) is 12.2. The monoisotopic (exact) mass is 642 g/mol. The molecule has 0 fully saturated rings. The van der Waals surface area contributed by atoms with Crippen molar-refractivity contribution in [3.63, 3.8) is 0 Å². The van der Waals surface area contributed by atoms with E-state index in [1.54, 1.807) is 41.5 Å². The van der Waals surface area contributed by atoms with Crippen molar-refractivity contribution in [1.82, 2.24) is 16.0 Å². The van der Waals surface area contributed by atoms with E-state index >= 15 is 0 Å². The maximum absolute atomic E-state index is 12.6. The van der Waals surface area contributed by atoms with E-state index in [4.69, 9.17) is 9.47 Å². The molecule has 0 aromatic heterocycles. The third-order valence-electron chi connectivity index (χ3n) is 5.02. The number of hydrogen-bond acceptors (Lipinski definition) is 6. The summed E-state index contributed by atoms with van der Waals surface area (Å²) in [5, 5.41) is 10.6. The Hall–Kier alpha value is -2.50. The second-order valence-corrected chi connectivity index (χ2v) is 26.7. The van der Waals surface area contributed by atoms with Crippen molar-refractivity contribution in [3.8, 4) is 0 Å². The molecule has 0 radical (unpaired) electrons. The summed E-state index contributed by atoms with van der Waals surface area (Å²) in [4.78, 5) is 56.1. The van der Waals surface area contributed by atoms with Crippen LogP contribution in [0.25, 0.3) is 0 Å². The fourth-order valence-corrected chi connectivity index (χ4v) is 6.60. The van der Waals surface area contributed by atoms with Crippen LogP contribution in [0.5, 0.6) is 0 Å². The normalized spacial score (nSPS) is 12.7. The molecule has 0 aliphatic rings. The zero-order valence-corrected chi connectivity index (χ0v) is 27.2. The van der Waals surface area contributed by atoms with Gasteiger partial charge in [0.15, 0.2) is 0 Å². The average molecular weight is 641 g/mol. The molecular formula is C27H46N4O6Sn. The number of unbranched alkanes of at least 4 members (excludes halogenated alkanes) is 1. The average Bonchev–Trinajstić information content (AvgIpc) is 2.74. The summed E-state index contributed by atoms with van der Waals surface area (Å²) < 4.78 is 12.0. The Kier molecular flexibility index (Phi) is 12.9. The molecule has 0 bridgehead atoms. The molecule has 0 saturated heterocycles. The third-order valence-corrected chi connectivity index (χ3v) is 10.9. The number of anilines is 1. The minimum absolute atomic E-state index is 0.304. The topological polar surface area (TPSA) is 135 Å². The molecule has 38 heavy (non-hydrogen) atoms. The first-order chi connectivity index (χ1) is 17.4. The zero-order valence-electron chi connectivity index (χ0n) is 24.4. The molecule has 4 N–H and O–H groups in total. The first kappa shape index (κ1) is 33.5. The molecular weight excluding hydrogens is 595 g/mol. The fourth-order valence-electron chi connectivity index (χ4n) is 3.27. The van der Waals surface area contributed by atoms with Gasteiger partial charge in [-0.25, -0.2) is 9.59 Å². The Bertz CT molecular complexity index is 946. The van der Waals surface area contributed by atoms with Crippen LogP contribution >= 0.6 is 0 Å². The van der Waals surface area contributed by atoms with Crippen LogP contribution in [0.3, 0.4) is 0 Å². The van der Waals surface area contributed by atoms with Gasteiger partial charge in [-0.3, -0.25) is 4.79 Å². The molecule has 0 aliphatic carbocycles. The van der Waals surface area contributed by atoms with E-state index in [1.165, 1.54) is 3.58 Å². The van der Waals surface area contributed by atoms with Crippen LogP contribution < -0.4 is 24.8 Å². The van der Waals surface area contributed by atoms with Gasteiger partial charge in [-0.2, -0.15) is 0 Å². The minimum Gasteiger partial charge on any atom is -0.458 e. The number of benzene rings is 1. The molecule has 0 spiro atoms. The third kappa shape index (κ3) is 15.0. The molecule has 1 aromatic rings. The summed E-state index contributed by atoms with van der Waals surface area (Å²) in [6.45, 7) is 10.5. The van der Waals surface area contributed by atoms with Gasteiger partial charge in [-0.1, -0.05) is 0 Å². The maximum Gasteiger partial charge on any atom is 0.329 e. The molecule has 0 heterocycles. The van der Waals surface area contributed by atoms with Crippen LogP contribution in [0, 0.1) is 0 Å². The first-order valence-corrected chi connectivity index (χ1v) is 23.0. The van der Waals surface area contributed by atoms with Gasteiger partial charge in [-0.05, 0) is 41.5 Å². The molecule has 0 saturated carbocycles. The van der Waals surface area contributed by atoms with E-state index in [0.29, 0.717) is 25.8 Å². The SMILES string of the molecule is CC(C)(C)OC(=O)CNC(=O)NC(CCCCNC(=O)Nc1cc[c]([Sn]([CH3])([CH3])[CH3])cc1)C(=O)OC(C)(C)C. The molecule has 4 amide bonds. The Morgan fingerprint density at radius 1 is 0.816 bits per heavy atom. The van der Waals surface area contributed by atoms with E-state index < -0.39 is 53.6 Å². The summed E-state index contributed by atoms with van der Waals surface area (Å²) in [6, 6.07) is 6.11. The molecule has 1 atom stereocenters. The minimum atomic E-state index is -2.13. The standard InChI is InChI=1S/C24H37N4O6.3CH3.Sn/c1-23(2,3)33-19(29)16-26-22(32)28-18(20(30)34-24(4,5)6)14-10-11-15-25-21(31)27-17-12-8-7-9-13-17;;;;/h8-9,12-13,18H,10-11,14-16H2,1-6H3,(H2,25,27,31)(H2,26,28,32);3*1H3;. The zero-order chi connectivity index (χ0) is 29.1. The van der Waals surface area contributed by atoms with Crippen LogP contribution in [-0.2, 0) is 19.1 Å². The smallest absolute Gasteiger partial charge is 0.329 e. The van der Waals surface area contributed by atoms with Gasteiger partial charge >= 0.3 is 138 Å². The predicted molar refractivity (Wildman–Crippen MR) is 152 cm³/mol. The van der Waals surface area contributed by atoms with Crippen LogP contribution in [0.4, 0.5) is 15.3 Å². The van der Waals surface area contributed by atoms with Crippen molar-refractivity contribution in [2.75, 3.05) is 18.4 Å². The second kappa shape index (κ2) is 14.6. The number of esters is 2. The van der Waals surface area contributed by atoms with Gasteiger partial charge in [0.1, 0.15) is 17.7 Å². The molecule has 10 nitrogen and oxygen atoms in total. The van der Waals surface area contributed by atoms with Gasteiger partial charge in [0.05, 0.1) is 0 Å². The summed E-state index contributed by atoms with van der Waals surface area (Å²) in [5.41, 5.74) is -0.663. The molecule has 1 rings (SSSR count). The Morgan fingerprint density at radius 2 is 1.39 bits per heavy atom. The van der Waals surface area contributed by atoms with Crippen molar-refractivity contribution in [2.45, 2.75) is 92.9 Å². The summed E-state index contributed by atoms with van der Waals surface area (Å²) >= 11 is -2.13. The molecule has 1 unspecified atom stereocenters. The quantitative estimate of drug-likeness (QED) is 0.165. The van der Waals surface area contributed by atoms with Gasteiger partial charge < -0.3 is 20.1 Å². The van der Waals surface area contributed by atoms with E-state index in [-0.39, 0.29) is 12.6 Å². The van der Waals surface area contributed by atoms with Gasteiger partial charge in [0.25, 0.3) is 0 Å². The summed E-state index contributed by atoms with van der Waals surface area (Å²) in [7, 11) is 0. The summed E-state index contributed by atoms with van der Waals surface area (Å²) in [5.74, 6) is -1.15. The Balaban J connectivity index is 2.52. The van der Waals surface area contributed by atoms with Crippen LogP contribution in [0.1, 0.15) is 60.8 Å². The van der Waals surface area contributed by atoms with Crippen LogP contribution in [-0.4, -0.2) is 72.7 Å². The van der Waals surface area contributed by atoms with Gasteiger partial charge in [0, 0.05) is 0 Å². The number of ether oxygens (including phenoxy) is 2. The molecule has 11 heteroatoms. The van der Waals surface area contributed by atoms with Crippen molar-refractivity contribution >= 4 is 51.6 Å². The number of carbonyl (C=O) groups is 4. The summed E-state index contributed by atoms with van der Waals surface area (Å²) in [6.07, 6.45) is 1.44. The van der Waals surface area contributed by atoms with E-state index in [2.05, 4.69) is 48.2 Å². The van der Waals surface area contributed by atoms with Crippen molar-refractivity contribution in [1.29, 1.82) is 0 Å². The Morgan fingerprint density at radius 3 is 1.92 bits per heavy atom. The predicted octanol–water partition coefficient (Wildman–Crippen LogP) is 3.87. The number of urea groups is 2. The van der Waals surface area contributed by atoms with E-state index in [1.807, 2.05) is 12.1 Å². The number of rotatable bonds is 11. The van der Waals surface area contributed by atoms with Crippen molar-refractivity contribution in [2.24, 2.45) is 0 Å². The van der Waals surface area contributed by atoms with Crippen molar-refractivity contribution in [3.05, 3.63) is 24.3 Å². The largest absolute Gasteiger partial charge is 0.458 e. The van der Waals surface area contributed by atoms with Crippen LogP contribution in [0.2, 0.25) is 14.8 Å². The molecule has 0 aliphatic heterocycles. The fraction of sp³-hybridized carbons (Fsp3) is 0.630. The number of hydrogen-bond donors (Lipinski definition) is 4. The number of amides is 4. The number of nitrogens with one attached hydrogen (secondary N) is 4. The van der Waals surface area contributed by atoms with Gasteiger partial charge in [0.2, 0.25) is 0 Å². The molecule has 214 valence electrons. The van der Waals surface area contributed by atoms with Crippen molar-refractivity contribution < 1.29 is 28.7 Å². The Labute approximate surface area is 231 Å². The number of carbonyl (C=O) groups excluding carboxylic acids is 4. The van der Waals surface area contributed by atoms with E-state index in [0.717, 1.165) is 5.69 Å².